The molecule has 5 heteroatoms. The van der Waals surface area contributed by atoms with E-state index >= 15 is 0 Å². The summed E-state index contributed by atoms with van der Waals surface area (Å²) in [5, 5.41) is 3.11. The van der Waals surface area contributed by atoms with Crippen molar-refractivity contribution in [2.24, 2.45) is 0 Å². The lowest BCUT2D eigenvalue weighted by molar-refractivity contribution is -0.137. The van der Waals surface area contributed by atoms with Crippen LogP contribution in [0.15, 0.2) is 0 Å². The van der Waals surface area contributed by atoms with E-state index in [4.69, 9.17) is 4.74 Å². The van der Waals surface area contributed by atoms with Crippen LogP contribution in [0.2, 0.25) is 0 Å². The molecule has 1 heterocycles. The van der Waals surface area contributed by atoms with Gasteiger partial charge in [0.1, 0.15) is 0 Å². The van der Waals surface area contributed by atoms with E-state index in [9.17, 15) is 4.79 Å². The highest BCUT2D eigenvalue weighted by atomic mass is 32.1. The molecule has 1 fully saturated rings. The fourth-order valence-corrected chi connectivity index (χ4v) is 1.71. The van der Waals surface area contributed by atoms with Crippen molar-refractivity contribution >= 4 is 18.5 Å². The van der Waals surface area contributed by atoms with Gasteiger partial charge in [0.15, 0.2) is 0 Å². The Morgan fingerprint density at radius 3 is 2.50 bits per heavy atom. The summed E-state index contributed by atoms with van der Waals surface area (Å²) >= 11 is 4.19. The van der Waals surface area contributed by atoms with E-state index in [1.54, 1.807) is 0 Å². The van der Waals surface area contributed by atoms with Crippen molar-refractivity contribution in [1.29, 1.82) is 0 Å². The van der Waals surface area contributed by atoms with Crippen LogP contribution in [-0.4, -0.2) is 48.5 Å². The number of thiol groups is 1. The molecule has 1 N–H and O–H groups in total. The second-order valence-corrected chi connectivity index (χ2v) is 4.28. The van der Waals surface area contributed by atoms with E-state index in [-0.39, 0.29) is 17.3 Å². The number of carbonyl (C=O) groups is 1. The fraction of sp³-hybridized carbons (Fsp3) is 0.889. The Kier molecular flexibility index (Phi) is 4.71. The average molecular weight is 218 g/mol. The maximum atomic E-state index is 11.8. The molecule has 0 saturated carbocycles. The molecule has 4 nitrogen and oxygen atoms in total. The SMILES string of the molecule is CC(S)NC(C)C(=O)N1CCOCC1. The number of nitrogens with one attached hydrogen (secondary N) is 1. The van der Waals surface area contributed by atoms with Gasteiger partial charge in [-0.15, -0.1) is 0 Å². The zero-order chi connectivity index (χ0) is 10.6. The first-order valence-corrected chi connectivity index (χ1v) is 5.43. The number of amides is 1. The molecule has 0 radical (unpaired) electrons. The van der Waals surface area contributed by atoms with Crippen LogP contribution in [0, 0.1) is 0 Å². The average Bonchev–Trinajstić information content (AvgIpc) is 2.17. The zero-order valence-corrected chi connectivity index (χ0v) is 9.59. The number of morpholine rings is 1. The maximum absolute atomic E-state index is 11.8. The van der Waals surface area contributed by atoms with Crippen molar-refractivity contribution in [3.05, 3.63) is 0 Å². The van der Waals surface area contributed by atoms with Gasteiger partial charge in [0.25, 0.3) is 0 Å². The van der Waals surface area contributed by atoms with Gasteiger partial charge in [0, 0.05) is 18.5 Å². The first kappa shape index (κ1) is 11.8. The molecule has 82 valence electrons. The summed E-state index contributed by atoms with van der Waals surface area (Å²) in [5.74, 6) is 0.134. The second kappa shape index (κ2) is 5.58. The standard InChI is InChI=1S/C9H18N2O2S/c1-7(10-8(2)14)9(12)11-3-5-13-6-4-11/h7-8,10,14H,3-6H2,1-2H3. The molecule has 1 aliphatic heterocycles. The number of nitrogens with zero attached hydrogens (tertiary/aromatic N) is 1. The van der Waals surface area contributed by atoms with E-state index in [1.807, 2.05) is 18.7 Å². The van der Waals surface area contributed by atoms with Crippen LogP contribution in [0.3, 0.4) is 0 Å². The predicted octanol–water partition coefficient (Wildman–Crippen LogP) is 0.0991. The summed E-state index contributed by atoms with van der Waals surface area (Å²) in [6, 6.07) is -0.166. The van der Waals surface area contributed by atoms with Crippen LogP contribution >= 0.6 is 12.6 Å². The van der Waals surface area contributed by atoms with Gasteiger partial charge in [0.2, 0.25) is 5.91 Å². The Morgan fingerprint density at radius 2 is 2.00 bits per heavy atom. The molecular formula is C9H18N2O2S. The van der Waals surface area contributed by atoms with Gasteiger partial charge < -0.3 is 9.64 Å². The number of hydrogen-bond donors (Lipinski definition) is 2. The number of carbonyl (C=O) groups excluding carboxylic acids is 1. The third-order valence-corrected chi connectivity index (χ3v) is 2.33. The van der Waals surface area contributed by atoms with Crippen LogP contribution in [0.4, 0.5) is 0 Å². The van der Waals surface area contributed by atoms with E-state index in [2.05, 4.69) is 17.9 Å². The molecule has 0 aromatic carbocycles. The molecule has 1 aliphatic rings. The van der Waals surface area contributed by atoms with Crippen molar-refractivity contribution in [2.75, 3.05) is 26.3 Å². The van der Waals surface area contributed by atoms with Crippen molar-refractivity contribution in [2.45, 2.75) is 25.3 Å². The van der Waals surface area contributed by atoms with Crippen molar-refractivity contribution in [1.82, 2.24) is 10.2 Å². The first-order valence-electron chi connectivity index (χ1n) is 4.92. The molecule has 1 rings (SSSR count). The molecule has 0 bridgehead atoms. The highest BCUT2D eigenvalue weighted by Gasteiger charge is 2.22. The van der Waals surface area contributed by atoms with Crippen LogP contribution in [-0.2, 0) is 9.53 Å². The van der Waals surface area contributed by atoms with E-state index in [1.165, 1.54) is 0 Å². The van der Waals surface area contributed by atoms with Crippen LogP contribution in [0.5, 0.6) is 0 Å². The highest BCUT2D eigenvalue weighted by molar-refractivity contribution is 7.80. The minimum atomic E-state index is -0.166. The van der Waals surface area contributed by atoms with Gasteiger partial charge in [-0.1, -0.05) is 0 Å². The third-order valence-electron chi connectivity index (χ3n) is 2.18. The number of ether oxygens (including phenoxy) is 1. The summed E-state index contributed by atoms with van der Waals surface area (Å²) in [6.45, 7) is 6.47. The zero-order valence-electron chi connectivity index (χ0n) is 8.69. The molecule has 2 unspecified atom stereocenters. The molecule has 1 amide bonds. The molecule has 1 saturated heterocycles. The van der Waals surface area contributed by atoms with E-state index < -0.39 is 0 Å². The minimum absolute atomic E-state index is 0.0370. The van der Waals surface area contributed by atoms with Crippen molar-refractivity contribution in [3.63, 3.8) is 0 Å². The van der Waals surface area contributed by atoms with Gasteiger partial charge in [-0.25, -0.2) is 0 Å². The summed E-state index contributed by atoms with van der Waals surface area (Å²) in [4.78, 5) is 13.6. The van der Waals surface area contributed by atoms with Crippen molar-refractivity contribution < 1.29 is 9.53 Å². The van der Waals surface area contributed by atoms with Crippen molar-refractivity contribution in [3.8, 4) is 0 Å². The van der Waals surface area contributed by atoms with Crippen LogP contribution in [0.25, 0.3) is 0 Å². The van der Waals surface area contributed by atoms with E-state index in [0.717, 1.165) is 0 Å². The lowest BCUT2D eigenvalue weighted by Crippen LogP contribution is -2.50. The van der Waals surface area contributed by atoms with Crippen LogP contribution in [0.1, 0.15) is 13.8 Å². The number of hydrogen-bond acceptors (Lipinski definition) is 4. The molecule has 0 aliphatic carbocycles. The monoisotopic (exact) mass is 218 g/mol. The molecule has 14 heavy (non-hydrogen) atoms. The van der Waals surface area contributed by atoms with Gasteiger partial charge in [0.05, 0.1) is 19.3 Å². The number of rotatable bonds is 3. The smallest absolute Gasteiger partial charge is 0.239 e. The van der Waals surface area contributed by atoms with Gasteiger partial charge in [-0.05, 0) is 13.8 Å². The third kappa shape index (κ3) is 3.48. The van der Waals surface area contributed by atoms with E-state index in [0.29, 0.717) is 26.3 Å². The largest absolute Gasteiger partial charge is 0.378 e. The Labute approximate surface area is 90.4 Å². The van der Waals surface area contributed by atoms with Crippen LogP contribution < -0.4 is 5.32 Å². The Balaban J connectivity index is 2.38. The Hall–Kier alpha value is -0.260. The minimum Gasteiger partial charge on any atom is -0.378 e. The molecular weight excluding hydrogens is 200 g/mol. The van der Waals surface area contributed by atoms with Gasteiger partial charge >= 0.3 is 0 Å². The quantitative estimate of drug-likeness (QED) is 0.521. The normalized spacial score (nSPS) is 21.8. The van der Waals surface area contributed by atoms with Gasteiger partial charge in [-0.3, -0.25) is 10.1 Å². The second-order valence-electron chi connectivity index (χ2n) is 3.50. The summed E-state index contributed by atoms with van der Waals surface area (Å²) in [7, 11) is 0. The lowest BCUT2D eigenvalue weighted by Gasteiger charge is -2.30. The Bertz CT molecular complexity index is 193. The summed E-state index contributed by atoms with van der Waals surface area (Å²) in [5.41, 5.74) is 0. The topological polar surface area (TPSA) is 41.6 Å². The summed E-state index contributed by atoms with van der Waals surface area (Å²) < 4.78 is 5.18. The maximum Gasteiger partial charge on any atom is 0.239 e. The predicted molar refractivity (Wildman–Crippen MR) is 58.4 cm³/mol. The fourth-order valence-electron chi connectivity index (χ4n) is 1.49. The first-order chi connectivity index (χ1) is 6.61. The molecule has 0 aromatic heterocycles. The lowest BCUT2D eigenvalue weighted by atomic mass is 10.2. The Morgan fingerprint density at radius 1 is 1.43 bits per heavy atom. The molecule has 0 aromatic rings. The molecule has 2 atom stereocenters. The van der Waals surface area contributed by atoms with Gasteiger partial charge in [-0.2, -0.15) is 12.6 Å². The molecule has 0 spiro atoms. The highest BCUT2D eigenvalue weighted by Crippen LogP contribution is 2.01. The summed E-state index contributed by atoms with van der Waals surface area (Å²) in [6.07, 6.45) is 0.